The van der Waals surface area contributed by atoms with E-state index in [1.807, 2.05) is 48.5 Å². The van der Waals surface area contributed by atoms with Gasteiger partial charge >= 0.3 is 0 Å². The molecule has 3 N–H and O–H groups in total. The number of fused-ring (bicyclic) bond motifs is 1. The number of benzene rings is 3. The van der Waals surface area contributed by atoms with Crippen LogP contribution in [0.2, 0.25) is 0 Å². The number of nitrogens with one attached hydrogen (secondary N) is 1. The summed E-state index contributed by atoms with van der Waals surface area (Å²) in [5.41, 5.74) is 7.00. The third kappa shape index (κ3) is 3.60. The lowest BCUT2D eigenvalue weighted by molar-refractivity contribution is -0.127. The van der Waals surface area contributed by atoms with Crippen LogP contribution in [-0.4, -0.2) is 11.8 Å². The summed E-state index contributed by atoms with van der Waals surface area (Å²) in [7, 11) is 0. The van der Waals surface area contributed by atoms with E-state index in [0.717, 1.165) is 16.3 Å². The smallest absolute Gasteiger partial charge is 0.244 e. The van der Waals surface area contributed by atoms with Gasteiger partial charge in [0.25, 0.3) is 0 Å². The lowest BCUT2D eigenvalue weighted by Gasteiger charge is -2.16. The number of hydrogen-bond donors (Lipinski definition) is 2. The fraction of sp³-hybridized carbons (Fsp3) is 0.100. The lowest BCUT2D eigenvalue weighted by Crippen LogP contribution is -2.38. The van der Waals surface area contributed by atoms with Gasteiger partial charge in [-0.25, -0.2) is 0 Å². The maximum atomic E-state index is 12.3. The molecule has 24 heavy (non-hydrogen) atoms. The lowest BCUT2D eigenvalue weighted by atomic mass is 10.0. The second-order valence-corrected chi connectivity index (χ2v) is 5.67. The van der Waals surface area contributed by atoms with E-state index in [1.165, 1.54) is 0 Å². The highest BCUT2D eigenvalue weighted by Crippen LogP contribution is 2.17. The van der Waals surface area contributed by atoms with Gasteiger partial charge in [0.2, 0.25) is 11.8 Å². The number of hydrogen-bond acceptors (Lipinski definition) is 2. The van der Waals surface area contributed by atoms with Crippen molar-refractivity contribution < 1.29 is 9.59 Å². The molecule has 0 saturated carbocycles. The summed E-state index contributed by atoms with van der Waals surface area (Å²) < 4.78 is 0. The average Bonchev–Trinajstić information content (AvgIpc) is 2.60. The molecule has 0 unspecified atom stereocenters. The van der Waals surface area contributed by atoms with Crippen LogP contribution in [0.5, 0.6) is 0 Å². The largest absolute Gasteiger partial charge is 0.368 e. The summed E-state index contributed by atoms with van der Waals surface area (Å²) in [4.78, 5) is 24.0. The molecule has 2 amide bonds. The minimum Gasteiger partial charge on any atom is -0.368 e. The molecule has 0 aromatic heterocycles. The Hall–Kier alpha value is -3.14. The standard InChI is InChI=1S/C20H18N2O2/c21-20(24)19(16-7-2-1-3-8-16)22-18(23)13-14-10-11-15-6-4-5-9-17(15)12-14/h1-12,19H,13H2,(H2,21,24)(H,22,23)/t19-/m1/s1. The normalized spacial score (nSPS) is 11.8. The van der Waals surface area contributed by atoms with Gasteiger partial charge in [0, 0.05) is 0 Å². The van der Waals surface area contributed by atoms with E-state index < -0.39 is 11.9 Å². The van der Waals surface area contributed by atoms with Gasteiger partial charge in [0.1, 0.15) is 6.04 Å². The number of carbonyl (C=O) groups is 2. The van der Waals surface area contributed by atoms with Crippen LogP contribution < -0.4 is 11.1 Å². The first kappa shape index (κ1) is 15.7. The molecule has 3 aromatic carbocycles. The fourth-order valence-corrected chi connectivity index (χ4v) is 2.71. The molecule has 1 atom stereocenters. The van der Waals surface area contributed by atoms with E-state index in [-0.39, 0.29) is 12.3 Å². The Morgan fingerprint density at radius 2 is 1.54 bits per heavy atom. The van der Waals surface area contributed by atoms with E-state index in [2.05, 4.69) is 5.32 Å². The van der Waals surface area contributed by atoms with E-state index in [4.69, 9.17) is 5.73 Å². The van der Waals surface area contributed by atoms with Crippen LogP contribution in [0.3, 0.4) is 0 Å². The van der Waals surface area contributed by atoms with Crippen molar-refractivity contribution in [2.45, 2.75) is 12.5 Å². The summed E-state index contributed by atoms with van der Waals surface area (Å²) in [6, 6.07) is 22.0. The molecule has 0 aliphatic heterocycles. The number of amides is 2. The van der Waals surface area contributed by atoms with Gasteiger partial charge in [0.15, 0.2) is 0 Å². The van der Waals surface area contributed by atoms with Gasteiger partial charge in [-0.1, -0.05) is 72.8 Å². The van der Waals surface area contributed by atoms with Crippen molar-refractivity contribution in [3.05, 3.63) is 83.9 Å². The maximum absolute atomic E-state index is 12.3. The molecule has 0 radical (unpaired) electrons. The van der Waals surface area contributed by atoms with E-state index in [1.54, 1.807) is 24.3 Å². The SMILES string of the molecule is NC(=O)[C@H](NC(=O)Cc1ccc2ccccc2c1)c1ccccc1. The van der Waals surface area contributed by atoms with Crippen LogP contribution in [-0.2, 0) is 16.0 Å². The summed E-state index contributed by atoms with van der Waals surface area (Å²) in [6.45, 7) is 0. The van der Waals surface area contributed by atoms with E-state index in [9.17, 15) is 9.59 Å². The molecule has 4 heteroatoms. The first-order valence-corrected chi connectivity index (χ1v) is 7.75. The highest BCUT2D eigenvalue weighted by Gasteiger charge is 2.19. The van der Waals surface area contributed by atoms with Gasteiger partial charge in [-0.2, -0.15) is 0 Å². The topological polar surface area (TPSA) is 72.2 Å². The number of primary amides is 1. The van der Waals surface area contributed by atoms with Crippen LogP contribution in [0.25, 0.3) is 10.8 Å². The predicted octanol–water partition coefficient (Wildman–Crippen LogP) is 2.73. The highest BCUT2D eigenvalue weighted by atomic mass is 16.2. The third-order valence-electron chi connectivity index (χ3n) is 3.90. The van der Waals surface area contributed by atoms with Crippen molar-refractivity contribution in [2.75, 3.05) is 0 Å². The van der Waals surface area contributed by atoms with Crippen LogP contribution in [0.1, 0.15) is 17.2 Å². The summed E-state index contributed by atoms with van der Waals surface area (Å²) >= 11 is 0. The molecule has 0 bridgehead atoms. The van der Waals surface area contributed by atoms with Crippen LogP contribution >= 0.6 is 0 Å². The Labute approximate surface area is 140 Å². The molecule has 0 aliphatic carbocycles. The molecule has 0 fully saturated rings. The third-order valence-corrected chi connectivity index (χ3v) is 3.90. The quantitative estimate of drug-likeness (QED) is 0.759. The zero-order valence-electron chi connectivity index (χ0n) is 13.1. The summed E-state index contributed by atoms with van der Waals surface area (Å²) in [6.07, 6.45) is 0.196. The molecule has 3 aromatic rings. The Balaban J connectivity index is 1.74. The minimum atomic E-state index is -0.820. The van der Waals surface area contributed by atoms with Crippen molar-refractivity contribution in [2.24, 2.45) is 5.73 Å². The first-order valence-electron chi connectivity index (χ1n) is 7.75. The summed E-state index contributed by atoms with van der Waals surface area (Å²) in [5, 5.41) is 4.92. The van der Waals surface area contributed by atoms with Crippen molar-refractivity contribution in [1.82, 2.24) is 5.32 Å². The van der Waals surface area contributed by atoms with Gasteiger partial charge in [-0.3, -0.25) is 9.59 Å². The number of carbonyl (C=O) groups excluding carboxylic acids is 2. The molecule has 0 saturated heterocycles. The zero-order chi connectivity index (χ0) is 16.9. The average molecular weight is 318 g/mol. The van der Waals surface area contributed by atoms with Crippen LogP contribution in [0, 0.1) is 0 Å². The predicted molar refractivity (Wildman–Crippen MR) is 94.2 cm³/mol. The van der Waals surface area contributed by atoms with Crippen LogP contribution in [0.4, 0.5) is 0 Å². The van der Waals surface area contributed by atoms with Crippen molar-refractivity contribution in [1.29, 1.82) is 0 Å². The van der Waals surface area contributed by atoms with Gasteiger partial charge in [-0.15, -0.1) is 0 Å². The zero-order valence-corrected chi connectivity index (χ0v) is 13.1. The van der Waals surface area contributed by atoms with Crippen molar-refractivity contribution in [3.8, 4) is 0 Å². The molecular weight excluding hydrogens is 300 g/mol. The Morgan fingerprint density at radius 3 is 2.25 bits per heavy atom. The number of rotatable bonds is 5. The summed E-state index contributed by atoms with van der Waals surface area (Å²) in [5.74, 6) is -0.814. The van der Waals surface area contributed by atoms with Crippen molar-refractivity contribution in [3.63, 3.8) is 0 Å². The molecule has 0 aliphatic rings. The molecule has 0 heterocycles. The van der Waals surface area contributed by atoms with E-state index >= 15 is 0 Å². The maximum Gasteiger partial charge on any atom is 0.244 e. The fourth-order valence-electron chi connectivity index (χ4n) is 2.71. The Morgan fingerprint density at radius 1 is 0.875 bits per heavy atom. The van der Waals surface area contributed by atoms with Gasteiger partial charge in [0.05, 0.1) is 6.42 Å². The first-order chi connectivity index (χ1) is 11.6. The van der Waals surface area contributed by atoms with Crippen molar-refractivity contribution >= 4 is 22.6 Å². The Kier molecular flexibility index (Phi) is 4.57. The molecule has 3 rings (SSSR count). The molecule has 4 nitrogen and oxygen atoms in total. The molecule has 0 spiro atoms. The van der Waals surface area contributed by atoms with Gasteiger partial charge < -0.3 is 11.1 Å². The van der Waals surface area contributed by atoms with Gasteiger partial charge in [-0.05, 0) is 21.9 Å². The molecular formula is C20H18N2O2. The number of nitrogens with two attached hydrogens (primary N) is 1. The minimum absolute atomic E-state index is 0.196. The molecule has 120 valence electrons. The Bertz CT molecular complexity index is 875. The second-order valence-electron chi connectivity index (χ2n) is 5.67. The van der Waals surface area contributed by atoms with Crippen LogP contribution in [0.15, 0.2) is 72.8 Å². The monoisotopic (exact) mass is 318 g/mol. The van der Waals surface area contributed by atoms with E-state index in [0.29, 0.717) is 5.56 Å². The highest BCUT2D eigenvalue weighted by molar-refractivity contribution is 5.89. The second kappa shape index (κ2) is 6.96.